The fourth-order valence-corrected chi connectivity index (χ4v) is 1.72. The summed E-state index contributed by atoms with van der Waals surface area (Å²) in [6.45, 7) is 2.05. The molecular formula is C11H15N5OS. The highest BCUT2D eigenvalue weighted by atomic mass is 32.2. The molecule has 0 radical (unpaired) electrons. The van der Waals surface area contributed by atoms with Crippen LogP contribution in [0.4, 0.5) is 5.82 Å². The molecule has 0 aliphatic carbocycles. The van der Waals surface area contributed by atoms with Crippen molar-refractivity contribution >= 4 is 28.7 Å². The number of hydrogen-bond donors (Lipinski definition) is 3. The highest BCUT2D eigenvalue weighted by molar-refractivity contribution is 7.98. The van der Waals surface area contributed by atoms with Crippen LogP contribution >= 0.6 is 11.8 Å². The number of rotatable bonds is 5. The molecule has 0 amide bonds. The first-order valence-corrected chi connectivity index (χ1v) is 6.76. The molecule has 1 unspecified atom stereocenters. The maximum atomic E-state index is 8.93. The standard InChI is InChI=1S/C11H15N5OS/c1-7(5-17)3-4-12-9-8-10(14-6-13-8)16-11(15-9)18-2/h3-4,6-7,17H,5H2,1-2H3,(H2,12,13,14,15,16)/b4-3-. The molecule has 0 aliphatic rings. The van der Waals surface area contributed by atoms with Crippen molar-refractivity contribution in [2.75, 3.05) is 18.2 Å². The lowest BCUT2D eigenvalue weighted by molar-refractivity contribution is 0.262. The molecule has 2 aromatic heterocycles. The fourth-order valence-electron chi connectivity index (χ4n) is 1.36. The van der Waals surface area contributed by atoms with Gasteiger partial charge in [-0.05, 0) is 18.4 Å². The van der Waals surface area contributed by atoms with Crippen LogP contribution in [0.25, 0.3) is 11.2 Å². The van der Waals surface area contributed by atoms with Crippen molar-refractivity contribution in [1.82, 2.24) is 19.9 Å². The Morgan fingerprint density at radius 2 is 2.39 bits per heavy atom. The zero-order chi connectivity index (χ0) is 13.0. The van der Waals surface area contributed by atoms with Gasteiger partial charge in [0.2, 0.25) is 0 Å². The summed E-state index contributed by atoms with van der Waals surface area (Å²) >= 11 is 1.47. The van der Waals surface area contributed by atoms with Crippen molar-refractivity contribution in [1.29, 1.82) is 0 Å². The second-order valence-electron chi connectivity index (χ2n) is 3.82. The Hall–Kier alpha value is -1.60. The van der Waals surface area contributed by atoms with Crippen molar-refractivity contribution in [3.63, 3.8) is 0 Å². The summed E-state index contributed by atoms with van der Waals surface area (Å²) in [4.78, 5) is 15.8. The smallest absolute Gasteiger partial charge is 0.191 e. The number of aliphatic hydroxyl groups is 1. The number of aliphatic hydroxyl groups excluding tert-OH is 1. The second kappa shape index (κ2) is 5.83. The van der Waals surface area contributed by atoms with E-state index in [1.807, 2.05) is 19.3 Å². The van der Waals surface area contributed by atoms with Gasteiger partial charge in [0.15, 0.2) is 16.6 Å². The molecule has 2 heterocycles. The van der Waals surface area contributed by atoms with Gasteiger partial charge in [-0.25, -0.2) is 15.0 Å². The van der Waals surface area contributed by atoms with E-state index in [9.17, 15) is 0 Å². The van der Waals surface area contributed by atoms with Crippen LogP contribution in [0, 0.1) is 5.92 Å². The SMILES string of the molecule is CSc1nc(N/C=C\C(C)CO)c2[nH]cnc2n1. The van der Waals surface area contributed by atoms with E-state index < -0.39 is 0 Å². The molecule has 0 aliphatic heterocycles. The summed E-state index contributed by atoms with van der Waals surface area (Å²) < 4.78 is 0. The highest BCUT2D eigenvalue weighted by Gasteiger charge is 2.08. The number of hydrogen-bond acceptors (Lipinski definition) is 6. The molecule has 2 rings (SSSR count). The number of H-pyrrole nitrogens is 1. The maximum Gasteiger partial charge on any atom is 0.191 e. The first-order valence-electron chi connectivity index (χ1n) is 5.53. The fraction of sp³-hybridized carbons (Fsp3) is 0.364. The van der Waals surface area contributed by atoms with Crippen LogP contribution < -0.4 is 5.32 Å². The van der Waals surface area contributed by atoms with Crippen LogP contribution in [0.3, 0.4) is 0 Å². The molecule has 7 heteroatoms. The van der Waals surface area contributed by atoms with Gasteiger partial charge in [0.05, 0.1) is 6.33 Å². The van der Waals surface area contributed by atoms with Crippen molar-refractivity contribution in [3.8, 4) is 0 Å². The summed E-state index contributed by atoms with van der Waals surface area (Å²) in [6.07, 6.45) is 7.16. The third kappa shape index (κ3) is 2.80. The van der Waals surface area contributed by atoms with E-state index in [1.165, 1.54) is 11.8 Å². The molecular weight excluding hydrogens is 250 g/mol. The van der Waals surface area contributed by atoms with Crippen LogP contribution in [-0.4, -0.2) is 37.9 Å². The number of aromatic amines is 1. The van der Waals surface area contributed by atoms with Gasteiger partial charge in [-0.1, -0.05) is 24.8 Å². The summed E-state index contributed by atoms with van der Waals surface area (Å²) in [5, 5.41) is 12.7. The predicted octanol–water partition coefficient (Wildman–Crippen LogP) is 1.63. The average molecular weight is 265 g/mol. The van der Waals surface area contributed by atoms with Gasteiger partial charge >= 0.3 is 0 Å². The van der Waals surface area contributed by atoms with E-state index in [0.717, 1.165) is 5.52 Å². The van der Waals surface area contributed by atoms with Gasteiger partial charge in [0, 0.05) is 6.61 Å². The number of nitrogens with zero attached hydrogens (tertiary/aromatic N) is 3. The summed E-state index contributed by atoms with van der Waals surface area (Å²) in [6, 6.07) is 0. The van der Waals surface area contributed by atoms with Gasteiger partial charge in [-0.15, -0.1) is 0 Å². The second-order valence-corrected chi connectivity index (χ2v) is 4.60. The lowest BCUT2D eigenvalue weighted by Gasteiger charge is -2.04. The third-order valence-electron chi connectivity index (χ3n) is 2.38. The van der Waals surface area contributed by atoms with Gasteiger partial charge in [0.25, 0.3) is 0 Å². The number of imidazole rings is 1. The minimum Gasteiger partial charge on any atom is -0.396 e. The summed E-state index contributed by atoms with van der Waals surface area (Å²) in [7, 11) is 0. The number of fused-ring (bicyclic) bond motifs is 1. The number of thioether (sulfide) groups is 1. The molecule has 3 N–H and O–H groups in total. The molecule has 1 atom stereocenters. The maximum absolute atomic E-state index is 8.93. The van der Waals surface area contributed by atoms with E-state index in [-0.39, 0.29) is 12.5 Å². The molecule has 2 aromatic rings. The lowest BCUT2D eigenvalue weighted by atomic mass is 10.2. The van der Waals surface area contributed by atoms with Crippen molar-refractivity contribution in [3.05, 3.63) is 18.6 Å². The minimum atomic E-state index is 0.108. The first-order chi connectivity index (χ1) is 8.74. The Bertz CT molecular complexity index is 553. The monoisotopic (exact) mass is 265 g/mol. The Morgan fingerprint density at radius 1 is 1.56 bits per heavy atom. The Balaban J connectivity index is 2.25. The molecule has 0 bridgehead atoms. The number of aromatic nitrogens is 4. The zero-order valence-corrected chi connectivity index (χ0v) is 11.0. The molecule has 0 saturated carbocycles. The van der Waals surface area contributed by atoms with Gasteiger partial charge in [-0.3, -0.25) is 0 Å². The first kappa shape index (κ1) is 12.8. The lowest BCUT2D eigenvalue weighted by Crippen LogP contribution is -2.00. The largest absolute Gasteiger partial charge is 0.396 e. The summed E-state index contributed by atoms with van der Waals surface area (Å²) in [5.41, 5.74) is 1.41. The van der Waals surface area contributed by atoms with Crippen molar-refractivity contribution in [2.24, 2.45) is 5.92 Å². The Morgan fingerprint density at radius 3 is 3.11 bits per heavy atom. The van der Waals surface area contributed by atoms with E-state index in [4.69, 9.17) is 5.11 Å². The Kier molecular flexibility index (Phi) is 4.16. The van der Waals surface area contributed by atoms with Gasteiger partial charge < -0.3 is 15.4 Å². The molecule has 96 valence electrons. The van der Waals surface area contributed by atoms with Crippen molar-refractivity contribution in [2.45, 2.75) is 12.1 Å². The third-order valence-corrected chi connectivity index (χ3v) is 2.93. The highest BCUT2D eigenvalue weighted by Crippen LogP contribution is 2.20. The normalized spacial score (nSPS) is 13.3. The quantitative estimate of drug-likeness (QED) is 0.562. The average Bonchev–Trinajstić information content (AvgIpc) is 2.86. The molecule has 18 heavy (non-hydrogen) atoms. The molecule has 0 aromatic carbocycles. The van der Waals surface area contributed by atoms with Gasteiger partial charge in [-0.2, -0.15) is 0 Å². The van der Waals surface area contributed by atoms with E-state index in [1.54, 1.807) is 12.5 Å². The molecule has 6 nitrogen and oxygen atoms in total. The van der Waals surface area contributed by atoms with Crippen LogP contribution in [0.5, 0.6) is 0 Å². The van der Waals surface area contributed by atoms with Crippen LogP contribution in [0.2, 0.25) is 0 Å². The molecule has 0 spiro atoms. The Labute approximate surface area is 109 Å². The van der Waals surface area contributed by atoms with Crippen LogP contribution in [-0.2, 0) is 0 Å². The van der Waals surface area contributed by atoms with E-state index in [2.05, 4.69) is 25.3 Å². The zero-order valence-electron chi connectivity index (χ0n) is 10.2. The molecule has 0 saturated heterocycles. The molecule has 0 fully saturated rings. The van der Waals surface area contributed by atoms with Crippen LogP contribution in [0.15, 0.2) is 23.8 Å². The van der Waals surface area contributed by atoms with Crippen LogP contribution in [0.1, 0.15) is 6.92 Å². The summed E-state index contributed by atoms with van der Waals surface area (Å²) in [5.74, 6) is 0.792. The number of nitrogens with one attached hydrogen (secondary N) is 2. The minimum absolute atomic E-state index is 0.108. The number of anilines is 1. The predicted molar refractivity (Wildman–Crippen MR) is 72.5 cm³/mol. The van der Waals surface area contributed by atoms with E-state index in [0.29, 0.717) is 16.6 Å². The topological polar surface area (TPSA) is 86.7 Å². The van der Waals surface area contributed by atoms with E-state index >= 15 is 0 Å². The van der Waals surface area contributed by atoms with Gasteiger partial charge in [0.1, 0.15) is 5.52 Å². The van der Waals surface area contributed by atoms with Crippen molar-refractivity contribution < 1.29 is 5.11 Å².